The van der Waals surface area contributed by atoms with Crippen LogP contribution in [-0.4, -0.2) is 31.3 Å². The molecular formula is C8H6N4NaO2S+. The molecule has 2 aromatic rings. The fourth-order valence-corrected chi connectivity index (χ4v) is 1.31. The van der Waals surface area contributed by atoms with Crippen molar-refractivity contribution in [3.05, 3.63) is 34.6 Å². The zero-order valence-corrected chi connectivity index (χ0v) is 11.2. The van der Waals surface area contributed by atoms with Gasteiger partial charge in [0.2, 0.25) is 4.77 Å². The Labute approximate surface area is 118 Å². The molecular weight excluding hydrogens is 239 g/mol. The first kappa shape index (κ1) is 13.0. The van der Waals surface area contributed by atoms with Crippen LogP contribution in [-0.2, 0) is 0 Å². The molecule has 2 N–H and O–H groups in total. The Kier molecular flexibility index (Phi) is 4.36. The molecule has 16 heavy (non-hydrogen) atoms. The van der Waals surface area contributed by atoms with Gasteiger partial charge in [0.25, 0.3) is 0 Å². The van der Waals surface area contributed by atoms with Crippen LogP contribution < -0.4 is 29.6 Å². The van der Waals surface area contributed by atoms with Crippen LogP contribution in [0.3, 0.4) is 0 Å². The van der Waals surface area contributed by atoms with Crippen molar-refractivity contribution in [3.8, 4) is 5.69 Å². The Bertz CT molecular complexity index is 548. The molecule has 6 nitrogen and oxygen atoms in total. The number of hydrogen-bond acceptors (Lipinski definition) is 4. The molecule has 0 saturated carbocycles. The van der Waals surface area contributed by atoms with Crippen LogP contribution in [0.2, 0.25) is 0 Å². The number of tetrazole rings is 1. The molecule has 0 aliphatic heterocycles. The van der Waals surface area contributed by atoms with Gasteiger partial charge in [-0.05, 0) is 36.5 Å². The normalized spacial score (nSPS) is 9.50. The van der Waals surface area contributed by atoms with Crippen LogP contribution in [0.15, 0.2) is 24.3 Å². The van der Waals surface area contributed by atoms with Crippen molar-refractivity contribution >= 4 is 18.2 Å². The Morgan fingerprint density at radius 1 is 1.38 bits per heavy atom. The molecule has 8 heteroatoms. The number of benzene rings is 1. The molecule has 0 aliphatic carbocycles. The molecule has 0 aliphatic rings. The van der Waals surface area contributed by atoms with Gasteiger partial charge in [-0.1, -0.05) is 10.3 Å². The zero-order chi connectivity index (χ0) is 10.8. The zero-order valence-electron chi connectivity index (χ0n) is 8.41. The van der Waals surface area contributed by atoms with Gasteiger partial charge in [0.05, 0.1) is 11.3 Å². The second-order valence-electron chi connectivity index (χ2n) is 2.77. The minimum Gasteiger partial charge on any atom is -0.478 e. The molecule has 0 bridgehead atoms. The molecule has 1 aromatic heterocycles. The summed E-state index contributed by atoms with van der Waals surface area (Å²) in [4.78, 5) is 10.6. The predicted molar refractivity (Wildman–Crippen MR) is 53.5 cm³/mol. The standard InChI is InChI=1S/C8H6N4O2S.Na/c13-7(14)5-1-3-6(4-2-5)12-8(15)9-10-11-12;/h1-4H,(H,13,14)(H,9,11,15);/q;+1. The number of aromatic carboxylic acids is 1. The third kappa shape index (κ3) is 2.56. The average molecular weight is 245 g/mol. The molecule has 0 fully saturated rings. The first-order chi connectivity index (χ1) is 7.18. The number of carboxylic acid groups (broad SMARTS) is 1. The Balaban J connectivity index is 0.00000128. The van der Waals surface area contributed by atoms with Crippen LogP contribution in [0.4, 0.5) is 0 Å². The van der Waals surface area contributed by atoms with Crippen molar-refractivity contribution in [1.82, 2.24) is 20.2 Å². The number of H-pyrrole nitrogens is 1. The van der Waals surface area contributed by atoms with Crippen molar-refractivity contribution in [2.45, 2.75) is 0 Å². The van der Waals surface area contributed by atoms with E-state index in [1.165, 1.54) is 16.8 Å². The fraction of sp³-hybridized carbons (Fsp3) is 0. The van der Waals surface area contributed by atoms with Crippen LogP contribution >= 0.6 is 12.2 Å². The number of carbonyl (C=O) groups is 1. The minimum atomic E-state index is -0.965. The van der Waals surface area contributed by atoms with Gasteiger partial charge in [-0.2, -0.15) is 5.21 Å². The topological polar surface area (TPSA) is 83.8 Å². The molecule has 0 atom stereocenters. The van der Waals surface area contributed by atoms with E-state index in [9.17, 15) is 4.79 Å². The van der Waals surface area contributed by atoms with Crippen molar-refractivity contribution in [3.63, 3.8) is 0 Å². The third-order valence-corrected chi connectivity index (χ3v) is 2.11. The Morgan fingerprint density at radius 2 is 2.00 bits per heavy atom. The van der Waals surface area contributed by atoms with E-state index in [4.69, 9.17) is 17.3 Å². The van der Waals surface area contributed by atoms with Gasteiger partial charge >= 0.3 is 35.5 Å². The number of aromatic nitrogens is 4. The summed E-state index contributed by atoms with van der Waals surface area (Å²) in [5, 5.41) is 18.4. The summed E-state index contributed by atoms with van der Waals surface area (Å²) in [6.45, 7) is 0. The number of nitrogens with one attached hydrogen (secondary N) is 1. The largest absolute Gasteiger partial charge is 1.00 e. The Hall–Kier alpha value is -1.02. The summed E-state index contributed by atoms with van der Waals surface area (Å²) in [6, 6.07) is 6.22. The summed E-state index contributed by atoms with van der Waals surface area (Å²) in [5.41, 5.74) is 0.910. The van der Waals surface area contributed by atoms with Crippen molar-refractivity contribution in [2.24, 2.45) is 0 Å². The van der Waals surface area contributed by atoms with E-state index >= 15 is 0 Å². The van der Waals surface area contributed by atoms with E-state index < -0.39 is 5.97 Å². The maximum Gasteiger partial charge on any atom is 1.00 e. The van der Waals surface area contributed by atoms with Crippen molar-refractivity contribution < 1.29 is 39.5 Å². The average Bonchev–Trinajstić information content (AvgIpc) is 2.65. The summed E-state index contributed by atoms with van der Waals surface area (Å²) in [7, 11) is 0. The summed E-state index contributed by atoms with van der Waals surface area (Å²) >= 11 is 4.89. The van der Waals surface area contributed by atoms with E-state index in [1.54, 1.807) is 12.1 Å². The summed E-state index contributed by atoms with van der Waals surface area (Å²) in [6.07, 6.45) is 0. The van der Waals surface area contributed by atoms with Gasteiger partial charge < -0.3 is 5.11 Å². The maximum atomic E-state index is 10.6. The van der Waals surface area contributed by atoms with E-state index in [0.29, 0.717) is 5.69 Å². The second-order valence-corrected chi connectivity index (χ2v) is 3.14. The maximum absolute atomic E-state index is 10.6. The van der Waals surface area contributed by atoms with E-state index in [1.807, 2.05) is 0 Å². The molecule has 1 heterocycles. The number of aromatic amines is 1. The summed E-state index contributed by atoms with van der Waals surface area (Å²) in [5.74, 6) is -0.965. The van der Waals surface area contributed by atoms with E-state index in [2.05, 4.69) is 15.5 Å². The first-order valence-corrected chi connectivity index (χ1v) is 4.43. The van der Waals surface area contributed by atoms with E-state index in [0.717, 1.165) is 0 Å². The summed E-state index contributed by atoms with van der Waals surface area (Å²) < 4.78 is 1.76. The number of hydrogen-bond donors (Lipinski definition) is 2. The van der Waals surface area contributed by atoms with Crippen LogP contribution in [0.5, 0.6) is 0 Å². The van der Waals surface area contributed by atoms with Crippen molar-refractivity contribution in [1.29, 1.82) is 0 Å². The van der Waals surface area contributed by atoms with Crippen LogP contribution in [0.1, 0.15) is 10.4 Å². The molecule has 1 aromatic carbocycles. The van der Waals surface area contributed by atoms with Gasteiger partial charge in [0.1, 0.15) is 0 Å². The Morgan fingerprint density at radius 3 is 2.44 bits per heavy atom. The quantitative estimate of drug-likeness (QED) is 0.473. The van der Waals surface area contributed by atoms with Crippen LogP contribution in [0.25, 0.3) is 5.69 Å². The van der Waals surface area contributed by atoms with Gasteiger partial charge in [-0.25, -0.2) is 9.48 Å². The van der Waals surface area contributed by atoms with Gasteiger partial charge in [-0.3, -0.25) is 0 Å². The second kappa shape index (κ2) is 5.35. The SMILES string of the molecule is O=C(O)c1ccc(-n2[nH]nnc2=S)cc1.[Na+]. The molecule has 0 radical (unpaired) electrons. The monoisotopic (exact) mass is 245 g/mol. The number of nitrogens with zero attached hydrogens (tertiary/aromatic N) is 3. The first-order valence-electron chi connectivity index (χ1n) is 4.02. The fourth-order valence-electron chi connectivity index (χ4n) is 1.12. The third-order valence-electron chi connectivity index (χ3n) is 1.84. The van der Waals surface area contributed by atoms with Gasteiger partial charge in [-0.15, -0.1) is 0 Å². The van der Waals surface area contributed by atoms with Gasteiger partial charge in [0.15, 0.2) is 0 Å². The smallest absolute Gasteiger partial charge is 0.478 e. The molecule has 0 saturated heterocycles. The molecule has 0 amide bonds. The number of rotatable bonds is 2. The molecule has 2 rings (SSSR count). The molecule has 0 spiro atoms. The predicted octanol–water partition coefficient (Wildman–Crippen LogP) is -1.97. The van der Waals surface area contributed by atoms with Crippen molar-refractivity contribution in [2.75, 3.05) is 0 Å². The number of carboxylic acids is 1. The van der Waals surface area contributed by atoms with E-state index in [-0.39, 0.29) is 39.9 Å². The molecule has 0 unspecified atom stereocenters. The van der Waals surface area contributed by atoms with Gasteiger partial charge in [0, 0.05) is 0 Å². The minimum absolute atomic E-state index is 0. The van der Waals surface area contributed by atoms with Crippen LogP contribution in [0, 0.1) is 4.77 Å². The molecule has 76 valence electrons.